The Bertz CT molecular complexity index is 534. The fourth-order valence-corrected chi connectivity index (χ4v) is 3.43. The Balaban J connectivity index is 1.62. The number of nitrogens with two attached hydrogens (primary N) is 1. The van der Waals surface area contributed by atoms with Gasteiger partial charge in [0.2, 0.25) is 0 Å². The summed E-state index contributed by atoms with van der Waals surface area (Å²) in [7, 11) is 0. The molecule has 2 saturated heterocycles. The van der Waals surface area contributed by atoms with Gasteiger partial charge in [0, 0.05) is 30.4 Å². The van der Waals surface area contributed by atoms with Gasteiger partial charge in [0.05, 0.1) is 12.7 Å². The zero-order valence-corrected chi connectivity index (χ0v) is 13.3. The van der Waals surface area contributed by atoms with Gasteiger partial charge in [-0.3, -0.25) is 4.90 Å². The summed E-state index contributed by atoms with van der Waals surface area (Å²) in [6.45, 7) is 5.96. The summed E-state index contributed by atoms with van der Waals surface area (Å²) in [5.41, 5.74) is 8.91. The summed E-state index contributed by atoms with van der Waals surface area (Å²) >= 11 is 5.12. The Morgan fingerprint density at radius 1 is 1.52 bits per heavy atom. The Morgan fingerprint density at radius 3 is 3.19 bits per heavy atom. The lowest BCUT2D eigenvalue weighted by atomic mass is 10.1. The highest BCUT2D eigenvalue weighted by Crippen LogP contribution is 2.23. The fourth-order valence-electron chi connectivity index (χ4n) is 3.25. The molecule has 0 saturated carbocycles. The first-order valence-electron chi connectivity index (χ1n) is 7.63. The molecule has 0 radical (unpaired) electrons. The highest BCUT2D eigenvalue weighted by Gasteiger charge is 2.32. The van der Waals surface area contributed by atoms with E-state index in [2.05, 4.69) is 23.2 Å². The first-order chi connectivity index (χ1) is 10.1. The number of thiocarbonyl (C=S) groups is 1. The maximum Gasteiger partial charge on any atom is 0.106 e. The van der Waals surface area contributed by atoms with Gasteiger partial charge < -0.3 is 15.8 Å². The number of hydrogen-bond acceptors (Lipinski definition) is 4. The van der Waals surface area contributed by atoms with Crippen molar-refractivity contribution in [2.24, 2.45) is 5.73 Å². The number of hydrogen-bond donors (Lipinski definition) is 2. The van der Waals surface area contributed by atoms with Crippen molar-refractivity contribution in [2.45, 2.75) is 31.9 Å². The second kappa shape index (κ2) is 6.30. The molecule has 1 aromatic carbocycles. The molecule has 5 heteroatoms. The van der Waals surface area contributed by atoms with Crippen LogP contribution in [0.4, 0.5) is 5.69 Å². The average Bonchev–Trinajstić information content (AvgIpc) is 2.92. The lowest BCUT2D eigenvalue weighted by Crippen LogP contribution is -2.48. The molecule has 2 aliphatic heterocycles. The molecule has 2 fully saturated rings. The Morgan fingerprint density at radius 2 is 2.38 bits per heavy atom. The number of anilines is 1. The number of nitrogens with zero attached hydrogens (tertiary/aromatic N) is 1. The molecule has 0 spiro atoms. The molecular weight excluding hydrogens is 282 g/mol. The summed E-state index contributed by atoms with van der Waals surface area (Å²) in [5.74, 6) is 0. The molecule has 3 rings (SSSR count). The van der Waals surface area contributed by atoms with Gasteiger partial charge in [0.1, 0.15) is 4.99 Å². The van der Waals surface area contributed by atoms with Crippen LogP contribution in [0.2, 0.25) is 0 Å². The number of rotatable bonds is 4. The predicted molar refractivity (Wildman–Crippen MR) is 89.9 cm³/mol. The molecule has 0 aromatic heterocycles. The van der Waals surface area contributed by atoms with Gasteiger partial charge in [-0.15, -0.1) is 0 Å². The maximum atomic E-state index is 5.98. The first-order valence-corrected chi connectivity index (χ1v) is 8.04. The molecule has 114 valence electrons. The Kier molecular flexibility index (Phi) is 4.42. The van der Waals surface area contributed by atoms with E-state index in [9.17, 15) is 0 Å². The first kappa shape index (κ1) is 14.8. The number of ether oxygens (including phenoxy) is 1. The van der Waals surface area contributed by atoms with Gasteiger partial charge in [-0.1, -0.05) is 18.3 Å². The van der Waals surface area contributed by atoms with E-state index in [1.807, 2.05) is 12.1 Å². The van der Waals surface area contributed by atoms with Crippen molar-refractivity contribution in [3.63, 3.8) is 0 Å². The highest BCUT2D eigenvalue weighted by atomic mass is 32.1. The topological polar surface area (TPSA) is 50.5 Å². The highest BCUT2D eigenvalue weighted by molar-refractivity contribution is 7.80. The summed E-state index contributed by atoms with van der Waals surface area (Å²) in [4.78, 5) is 2.99. The van der Waals surface area contributed by atoms with E-state index in [1.54, 1.807) is 0 Å². The molecule has 2 atom stereocenters. The van der Waals surface area contributed by atoms with Crippen LogP contribution in [-0.4, -0.2) is 48.3 Å². The van der Waals surface area contributed by atoms with Crippen molar-refractivity contribution in [1.82, 2.24) is 4.90 Å². The van der Waals surface area contributed by atoms with E-state index in [-0.39, 0.29) is 6.10 Å². The second-order valence-corrected chi connectivity index (χ2v) is 6.48. The van der Waals surface area contributed by atoms with E-state index in [0.717, 1.165) is 30.9 Å². The van der Waals surface area contributed by atoms with Crippen molar-refractivity contribution < 1.29 is 4.74 Å². The van der Waals surface area contributed by atoms with Crippen molar-refractivity contribution in [3.05, 3.63) is 29.3 Å². The van der Waals surface area contributed by atoms with Gasteiger partial charge in [-0.25, -0.2) is 0 Å². The minimum atomic E-state index is 0.235. The largest absolute Gasteiger partial charge is 0.389 e. The van der Waals surface area contributed by atoms with Crippen LogP contribution in [0, 0.1) is 6.92 Å². The fraction of sp³-hybridized carbons (Fsp3) is 0.562. The lowest BCUT2D eigenvalue weighted by Gasteiger charge is -2.35. The van der Waals surface area contributed by atoms with Gasteiger partial charge in [-0.2, -0.15) is 0 Å². The normalized spacial score (nSPS) is 25.6. The van der Waals surface area contributed by atoms with Gasteiger partial charge in [0.25, 0.3) is 0 Å². The van der Waals surface area contributed by atoms with Crippen LogP contribution in [-0.2, 0) is 4.74 Å². The minimum absolute atomic E-state index is 0.235. The van der Waals surface area contributed by atoms with Crippen LogP contribution in [0.15, 0.2) is 18.2 Å². The third kappa shape index (κ3) is 3.36. The molecule has 2 heterocycles. The second-order valence-electron chi connectivity index (χ2n) is 6.04. The summed E-state index contributed by atoms with van der Waals surface area (Å²) in [6.07, 6.45) is 2.82. The number of morpholine rings is 1. The molecule has 4 nitrogen and oxygen atoms in total. The number of fused-ring (bicyclic) bond motifs is 1. The summed E-state index contributed by atoms with van der Waals surface area (Å²) < 4.78 is 5.98. The molecule has 2 unspecified atom stereocenters. The standard InChI is InChI=1S/C16H23N3OS/c1-11-4-5-14(16(17)21)15(7-11)18-8-13-9-19-6-2-3-12(19)10-20-13/h4-5,7,12-13,18H,2-3,6,8-10H2,1H3,(H2,17,21). The van der Waals surface area contributed by atoms with Crippen molar-refractivity contribution >= 4 is 22.9 Å². The van der Waals surface area contributed by atoms with E-state index in [1.165, 1.54) is 24.9 Å². The Labute approximate surface area is 131 Å². The average molecular weight is 305 g/mol. The van der Waals surface area contributed by atoms with Crippen LogP contribution < -0.4 is 11.1 Å². The number of nitrogens with one attached hydrogen (secondary N) is 1. The van der Waals surface area contributed by atoms with E-state index < -0.39 is 0 Å². The third-order valence-electron chi connectivity index (χ3n) is 4.42. The predicted octanol–water partition coefficient (Wildman–Crippen LogP) is 1.90. The van der Waals surface area contributed by atoms with Gasteiger partial charge in [-0.05, 0) is 44.0 Å². The molecular formula is C16H23N3OS. The maximum absolute atomic E-state index is 5.98. The Hall–Kier alpha value is -1.17. The number of benzene rings is 1. The van der Waals surface area contributed by atoms with Gasteiger partial charge >= 0.3 is 0 Å². The molecule has 21 heavy (non-hydrogen) atoms. The zero-order valence-electron chi connectivity index (χ0n) is 12.5. The van der Waals surface area contributed by atoms with E-state index in [0.29, 0.717) is 11.0 Å². The zero-order chi connectivity index (χ0) is 14.8. The van der Waals surface area contributed by atoms with Crippen LogP contribution in [0.1, 0.15) is 24.0 Å². The van der Waals surface area contributed by atoms with Crippen LogP contribution in [0.25, 0.3) is 0 Å². The SMILES string of the molecule is Cc1ccc(C(N)=S)c(NCC2CN3CCCC3CO2)c1. The summed E-state index contributed by atoms with van der Waals surface area (Å²) in [6, 6.07) is 6.76. The lowest BCUT2D eigenvalue weighted by molar-refractivity contribution is -0.0415. The number of aryl methyl sites for hydroxylation is 1. The van der Waals surface area contributed by atoms with Gasteiger partial charge in [0.15, 0.2) is 0 Å². The molecule has 2 aliphatic rings. The smallest absolute Gasteiger partial charge is 0.106 e. The molecule has 1 aromatic rings. The van der Waals surface area contributed by atoms with Crippen LogP contribution in [0.3, 0.4) is 0 Å². The molecule has 3 N–H and O–H groups in total. The molecule has 0 bridgehead atoms. The van der Waals surface area contributed by atoms with Crippen LogP contribution in [0.5, 0.6) is 0 Å². The van der Waals surface area contributed by atoms with Crippen molar-refractivity contribution in [2.75, 3.05) is 31.6 Å². The summed E-state index contributed by atoms with van der Waals surface area (Å²) in [5, 5.41) is 3.47. The van der Waals surface area contributed by atoms with Crippen LogP contribution >= 0.6 is 12.2 Å². The van der Waals surface area contributed by atoms with E-state index >= 15 is 0 Å². The molecule has 0 amide bonds. The third-order valence-corrected chi connectivity index (χ3v) is 4.64. The van der Waals surface area contributed by atoms with Crippen molar-refractivity contribution in [3.8, 4) is 0 Å². The minimum Gasteiger partial charge on any atom is -0.389 e. The monoisotopic (exact) mass is 305 g/mol. The quantitative estimate of drug-likeness (QED) is 0.832. The molecule has 0 aliphatic carbocycles. The van der Waals surface area contributed by atoms with Crippen molar-refractivity contribution in [1.29, 1.82) is 0 Å². The van der Waals surface area contributed by atoms with E-state index in [4.69, 9.17) is 22.7 Å².